The van der Waals surface area contributed by atoms with Crippen molar-refractivity contribution in [1.29, 1.82) is 0 Å². The predicted octanol–water partition coefficient (Wildman–Crippen LogP) is 3.48. The third-order valence-corrected chi connectivity index (χ3v) is 4.21. The molecule has 0 aliphatic heterocycles. The van der Waals surface area contributed by atoms with Crippen LogP contribution in [0.5, 0.6) is 0 Å². The van der Waals surface area contributed by atoms with E-state index in [0.717, 1.165) is 33.7 Å². The summed E-state index contributed by atoms with van der Waals surface area (Å²) < 4.78 is 5.64. The van der Waals surface area contributed by atoms with Crippen LogP contribution in [0.2, 0.25) is 0 Å². The van der Waals surface area contributed by atoms with E-state index in [1.807, 2.05) is 43.5 Å². The minimum absolute atomic E-state index is 0.171. The molecule has 0 fully saturated rings. The molecule has 0 radical (unpaired) electrons. The molecule has 0 saturated heterocycles. The molecule has 2 aromatic heterocycles. The first kappa shape index (κ1) is 13.8. The lowest BCUT2D eigenvalue weighted by Gasteiger charge is -2.02. The number of rotatable bonds is 4. The van der Waals surface area contributed by atoms with Crippen LogP contribution in [-0.2, 0) is 6.42 Å². The van der Waals surface area contributed by atoms with E-state index in [9.17, 15) is 4.79 Å². The molecule has 108 valence electrons. The number of benzene rings is 1. The largest absolute Gasteiger partial charge is 0.451 e. The quantitative estimate of drug-likeness (QED) is 0.802. The standard InChI is InChI=1S/C16H16N2O2S/c1-10-13-5-3-4-6-14(13)20-15(10)16(19)17-8-7-12-9-21-11(2)18-12/h3-6,9H,7-8H2,1-2H3,(H,17,19). The van der Waals surface area contributed by atoms with Crippen LogP contribution in [0.1, 0.15) is 26.8 Å². The highest BCUT2D eigenvalue weighted by Gasteiger charge is 2.16. The first-order chi connectivity index (χ1) is 10.1. The van der Waals surface area contributed by atoms with Gasteiger partial charge in [0.2, 0.25) is 0 Å². The van der Waals surface area contributed by atoms with E-state index in [1.165, 1.54) is 0 Å². The van der Waals surface area contributed by atoms with E-state index in [4.69, 9.17) is 4.42 Å². The van der Waals surface area contributed by atoms with Crippen LogP contribution < -0.4 is 5.32 Å². The molecule has 0 aliphatic rings. The number of furan rings is 1. The zero-order chi connectivity index (χ0) is 14.8. The Labute approximate surface area is 126 Å². The highest BCUT2D eigenvalue weighted by Crippen LogP contribution is 2.24. The number of fused-ring (bicyclic) bond motifs is 1. The molecule has 5 heteroatoms. The Balaban J connectivity index is 1.68. The van der Waals surface area contributed by atoms with Crippen molar-refractivity contribution in [3.63, 3.8) is 0 Å². The van der Waals surface area contributed by atoms with E-state index in [0.29, 0.717) is 12.3 Å². The molecule has 0 spiro atoms. The van der Waals surface area contributed by atoms with Crippen molar-refractivity contribution in [1.82, 2.24) is 10.3 Å². The minimum atomic E-state index is -0.171. The number of amides is 1. The molecule has 0 unspecified atom stereocenters. The van der Waals surface area contributed by atoms with Gasteiger partial charge in [-0.05, 0) is 19.9 Å². The monoisotopic (exact) mass is 300 g/mol. The Hall–Kier alpha value is -2.14. The second-order valence-electron chi connectivity index (χ2n) is 4.92. The summed E-state index contributed by atoms with van der Waals surface area (Å²) in [5.41, 5.74) is 2.64. The van der Waals surface area contributed by atoms with Gasteiger partial charge in [-0.1, -0.05) is 18.2 Å². The van der Waals surface area contributed by atoms with Gasteiger partial charge in [0, 0.05) is 29.3 Å². The smallest absolute Gasteiger partial charge is 0.287 e. The van der Waals surface area contributed by atoms with Crippen molar-refractivity contribution in [2.45, 2.75) is 20.3 Å². The van der Waals surface area contributed by atoms with Gasteiger partial charge in [-0.15, -0.1) is 11.3 Å². The normalized spacial score (nSPS) is 11.0. The molecule has 0 atom stereocenters. The number of hydrogen-bond acceptors (Lipinski definition) is 4. The van der Waals surface area contributed by atoms with Crippen molar-refractivity contribution >= 4 is 28.2 Å². The van der Waals surface area contributed by atoms with Crippen LogP contribution in [0.25, 0.3) is 11.0 Å². The molecule has 4 nitrogen and oxygen atoms in total. The van der Waals surface area contributed by atoms with E-state index in [1.54, 1.807) is 11.3 Å². The van der Waals surface area contributed by atoms with Gasteiger partial charge in [0.1, 0.15) is 5.58 Å². The highest BCUT2D eigenvalue weighted by atomic mass is 32.1. The number of nitrogens with zero attached hydrogens (tertiary/aromatic N) is 1. The third-order valence-electron chi connectivity index (χ3n) is 3.38. The van der Waals surface area contributed by atoms with Gasteiger partial charge in [0.25, 0.3) is 5.91 Å². The number of nitrogens with one attached hydrogen (secondary N) is 1. The Kier molecular flexibility index (Phi) is 3.75. The van der Waals surface area contributed by atoms with E-state index in [2.05, 4.69) is 10.3 Å². The molecule has 3 rings (SSSR count). The number of aromatic nitrogens is 1. The Morgan fingerprint density at radius 2 is 2.14 bits per heavy atom. The zero-order valence-corrected chi connectivity index (χ0v) is 12.8. The molecule has 3 aromatic rings. The lowest BCUT2D eigenvalue weighted by atomic mass is 10.1. The molecule has 1 N–H and O–H groups in total. The second-order valence-corrected chi connectivity index (χ2v) is 5.98. The minimum Gasteiger partial charge on any atom is -0.451 e. The van der Waals surface area contributed by atoms with E-state index < -0.39 is 0 Å². The lowest BCUT2D eigenvalue weighted by Crippen LogP contribution is -2.25. The summed E-state index contributed by atoms with van der Waals surface area (Å²) in [6.45, 7) is 4.44. The van der Waals surface area contributed by atoms with Crippen LogP contribution in [0.4, 0.5) is 0 Å². The molecule has 0 aliphatic carbocycles. The van der Waals surface area contributed by atoms with Crippen LogP contribution >= 0.6 is 11.3 Å². The molecule has 21 heavy (non-hydrogen) atoms. The van der Waals surface area contributed by atoms with Crippen LogP contribution in [0, 0.1) is 13.8 Å². The van der Waals surface area contributed by atoms with Gasteiger partial charge in [-0.3, -0.25) is 4.79 Å². The Morgan fingerprint density at radius 3 is 2.86 bits per heavy atom. The first-order valence-electron chi connectivity index (χ1n) is 6.82. The Bertz CT molecular complexity index is 789. The molecular formula is C16H16N2O2S. The SMILES string of the molecule is Cc1nc(CCNC(=O)c2oc3ccccc3c2C)cs1. The van der Waals surface area contributed by atoms with Crippen molar-refractivity contribution in [2.24, 2.45) is 0 Å². The maximum atomic E-state index is 12.2. The van der Waals surface area contributed by atoms with Crippen LogP contribution in [0.3, 0.4) is 0 Å². The van der Waals surface area contributed by atoms with Crippen molar-refractivity contribution in [2.75, 3.05) is 6.54 Å². The summed E-state index contributed by atoms with van der Waals surface area (Å²) in [5.74, 6) is 0.223. The third kappa shape index (κ3) is 2.83. The number of aryl methyl sites for hydroxylation is 2. The predicted molar refractivity (Wildman–Crippen MR) is 83.8 cm³/mol. The van der Waals surface area contributed by atoms with Crippen LogP contribution in [0.15, 0.2) is 34.1 Å². The maximum Gasteiger partial charge on any atom is 0.287 e. The second kappa shape index (κ2) is 5.69. The van der Waals surface area contributed by atoms with Gasteiger partial charge in [-0.2, -0.15) is 0 Å². The lowest BCUT2D eigenvalue weighted by molar-refractivity contribution is 0.0927. The summed E-state index contributed by atoms with van der Waals surface area (Å²) in [7, 11) is 0. The topological polar surface area (TPSA) is 55.1 Å². The number of hydrogen-bond donors (Lipinski definition) is 1. The number of para-hydroxylation sites is 1. The van der Waals surface area contributed by atoms with Gasteiger partial charge < -0.3 is 9.73 Å². The molecule has 1 aromatic carbocycles. The maximum absolute atomic E-state index is 12.2. The van der Waals surface area contributed by atoms with Crippen molar-refractivity contribution < 1.29 is 9.21 Å². The molecule has 2 heterocycles. The van der Waals surface area contributed by atoms with Crippen molar-refractivity contribution in [3.05, 3.63) is 51.7 Å². The summed E-state index contributed by atoms with van der Waals surface area (Å²) in [4.78, 5) is 16.6. The van der Waals surface area contributed by atoms with Gasteiger partial charge in [0.15, 0.2) is 5.76 Å². The first-order valence-corrected chi connectivity index (χ1v) is 7.70. The van der Waals surface area contributed by atoms with Gasteiger partial charge >= 0.3 is 0 Å². The summed E-state index contributed by atoms with van der Waals surface area (Å²) in [5, 5.41) is 6.94. The molecule has 0 bridgehead atoms. The van der Waals surface area contributed by atoms with E-state index in [-0.39, 0.29) is 5.91 Å². The highest BCUT2D eigenvalue weighted by molar-refractivity contribution is 7.09. The van der Waals surface area contributed by atoms with E-state index >= 15 is 0 Å². The van der Waals surface area contributed by atoms with Crippen LogP contribution in [-0.4, -0.2) is 17.4 Å². The fourth-order valence-corrected chi connectivity index (χ4v) is 2.95. The number of carbonyl (C=O) groups is 1. The fourth-order valence-electron chi connectivity index (χ4n) is 2.30. The molecule has 1 amide bonds. The average Bonchev–Trinajstić information content (AvgIpc) is 3.03. The van der Waals surface area contributed by atoms with Gasteiger partial charge in [-0.25, -0.2) is 4.98 Å². The van der Waals surface area contributed by atoms with Crippen molar-refractivity contribution in [3.8, 4) is 0 Å². The fraction of sp³-hybridized carbons (Fsp3) is 0.250. The number of carbonyl (C=O) groups excluding carboxylic acids is 1. The summed E-state index contributed by atoms with van der Waals surface area (Å²) >= 11 is 1.62. The molecular weight excluding hydrogens is 284 g/mol. The summed E-state index contributed by atoms with van der Waals surface area (Å²) in [6.07, 6.45) is 0.732. The number of thiazole rings is 1. The Morgan fingerprint density at radius 1 is 1.33 bits per heavy atom. The zero-order valence-electron chi connectivity index (χ0n) is 12.0. The molecule has 0 saturated carbocycles. The van der Waals surface area contributed by atoms with Gasteiger partial charge in [0.05, 0.1) is 10.7 Å². The summed E-state index contributed by atoms with van der Waals surface area (Å²) in [6, 6.07) is 7.68. The average molecular weight is 300 g/mol.